The fourth-order valence-electron chi connectivity index (χ4n) is 2.35. The van der Waals surface area contributed by atoms with Crippen LogP contribution in [0.1, 0.15) is 32.1 Å². The molecule has 1 rings (SSSR count). The fraction of sp³-hybridized carbons (Fsp3) is 0.714. The minimum atomic E-state index is 0.240. The van der Waals surface area contributed by atoms with Crippen LogP contribution in [0, 0.1) is 5.41 Å². The minimum absolute atomic E-state index is 0.240. The summed E-state index contributed by atoms with van der Waals surface area (Å²) < 4.78 is 11.3. The SMILES string of the molecule is C=CCOCC1(COCC=C)CCCCC1. The summed E-state index contributed by atoms with van der Waals surface area (Å²) in [5.74, 6) is 0. The van der Waals surface area contributed by atoms with Crippen LogP contribution in [0.5, 0.6) is 0 Å². The second-order valence-electron chi connectivity index (χ2n) is 4.67. The van der Waals surface area contributed by atoms with Crippen LogP contribution < -0.4 is 0 Å². The van der Waals surface area contributed by atoms with E-state index in [0.29, 0.717) is 13.2 Å². The van der Waals surface area contributed by atoms with Gasteiger partial charge >= 0.3 is 0 Å². The molecule has 0 spiro atoms. The maximum atomic E-state index is 5.63. The first-order valence-electron chi connectivity index (χ1n) is 6.20. The largest absolute Gasteiger partial charge is 0.377 e. The Hall–Kier alpha value is -0.600. The molecular formula is C14H24O2. The summed E-state index contributed by atoms with van der Waals surface area (Å²) in [7, 11) is 0. The second kappa shape index (κ2) is 7.64. The van der Waals surface area contributed by atoms with Crippen molar-refractivity contribution in [3.05, 3.63) is 25.3 Å². The van der Waals surface area contributed by atoms with E-state index < -0.39 is 0 Å². The molecule has 0 amide bonds. The van der Waals surface area contributed by atoms with Gasteiger partial charge < -0.3 is 9.47 Å². The zero-order valence-corrected chi connectivity index (χ0v) is 10.2. The lowest BCUT2D eigenvalue weighted by molar-refractivity contribution is -0.0301. The van der Waals surface area contributed by atoms with E-state index in [9.17, 15) is 0 Å². The molecule has 0 saturated heterocycles. The van der Waals surface area contributed by atoms with E-state index in [4.69, 9.17) is 9.47 Å². The normalized spacial score (nSPS) is 19.2. The van der Waals surface area contributed by atoms with Crippen molar-refractivity contribution in [2.45, 2.75) is 32.1 Å². The zero-order chi connectivity index (χ0) is 11.7. The van der Waals surface area contributed by atoms with E-state index in [1.54, 1.807) is 12.2 Å². The molecule has 1 aliphatic carbocycles. The summed E-state index contributed by atoms with van der Waals surface area (Å²) in [5.41, 5.74) is 0.240. The van der Waals surface area contributed by atoms with Gasteiger partial charge in [-0.2, -0.15) is 0 Å². The van der Waals surface area contributed by atoms with Gasteiger partial charge in [0.25, 0.3) is 0 Å². The zero-order valence-electron chi connectivity index (χ0n) is 10.2. The van der Waals surface area contributed by atoms with Crippen molar-refractivity contribution >= 4 is 0 Å². The van der Waals surface area contributed by atoms with Crippen LogP contribution in [0.4, 0.5) is 0 Å². The molecule has 0 bridgehead atoms. The summed E-state index contributed by atoms with van der Waals surface area (Å²) in [6, 6.07) is 0. The average molecular weight is 224 g/mol. The Morgan fingerprint density at radius 2 is 1.38 bits per heavy atom. The molecule has 0 aromatic rings. The molecular weight excluding hydrogens is 200 g/mol. The lowest BCUT2D eigenvalue weighted by Crippen LogP contribution is -2.34. The number of rotatable bonds is 8. The predicted octanol–water partition coefficient (Wildman–Crippen LogP) is 3.34. The summed E-state index contributed by atoms with van der Waals surface area (Å²) in [5, 5.41) is 0. The Morgan fingerprint density at radius 3 is 1.81 bits per heavy atom. The minimum Gasteiger partial charge on any atom is -0.377 e. The molecule has 0 aromatic carbocycles. The highest BCUT2D eigenvalue weighted by atomic mass is 16.5. The molecule has 2 heteroatoms. The maximum absolute atomic E-state index is 5.63. The van der Waals surface area contributed by atoms with Gasteiger partial charge in [-0.1, -0.05) is 31.4 Å². The molecule has 1 aliphatic rings. The first-order chi connectivity index (χ1) is 7.83. The van der Waals surface area contributed by atoms with Crippen LogP contribution in [-0.4, -0.2) is 26.4 Å². The van der Waals surface area contributed by atoms with Gasteiger partial charge in [-0.05, 0) is 12.8 Å². The van der Waals surface area contributed by atoms with Crippen molar-refractivity contribution in [2.75, 3.05) is 26.4 Å². The summed E-state index contributed by atoms with van der Waals surface area (Å²) in [4.78, 5) is 0. The van der Waals surface area contributed by atoms with Gasteiger partial charge in [0, 0.05) is 5.41 Å². The lowest BCUT2D eigenvalue weighted by Gasteiger charge is -2.36. The topological polar surface area (TPSA) is 18.5 Å². The molecule has 92 valence electrons. The van der Waals surface area contributed by atoms with E-state index in [1.165, 1.54) is 32.1 Å². The van der Waals surface area contributed by atoms with Crippen LogP contribution in [0.15, 0.2) is 25.3 Å². The fourth-order valence-corrected chi connectivity index (χ4v) is 2.35. The summed E-state index contributed by atoms with van der Waals surface area (Å²) >= 11 is 0. The highest BCUT2D eigenvalue weighted by Gasteiger charge is 2.32. The van der Waals surface area contributed by atoms with Gasteiger partial charge in [0.15, 0.2) is 0 Å². The lowest BCUT2D eigenvalue weighted by atomic mass is 9.75. The Labute approximate surface area is 99.3 Å². The number of ether oxygens (including phenoxy) is 2. The van der Waals surface area contributed by atoms with E-state index in [1.807, 2.05) is 0 Å². The van der Waals surface area contributed by atoms with Gasteiger partial charge in [0.1, 0.15) is 0 Å². The van der Waals surface area contributed by atoms with Crippen LogP contribution >= 0.6 is 0 Å². The predicted molar refractivity (Wildman–Crippen MR) is 67.6 cm³/mol. The van der Waals surface area contributed by atoms with Crippen LogP contribution in [0.25, 0.3) is 0 Å². The first kappa shape index (κ1) is 13.5. The molecule has 0 N–H and O–H groups in total. The molecule has 1 saturated carbocycles. The first-order valence-corrected chi connectivity index (χ1v) is 6.20. The third-order valence-electron chi connectivity index (χ3n) is 3.20. The van der Waals surface area contributed by atoms with E-state index >= 15 is 0 Å². The van der Waals surface area contributed by atoms with Crippen molar-refractivity contribution in [2.24, 2.45) is 5.41 Å². The van der Waals surface area contributed by atoms with E-state index in [2.05, 4.69) is 13.2 Å². The average Bonchev–Trinajstić information content (AvgIpc) is 2.31. The Bertz CT molecular complexity index is 189. The molecule has 0 atom stereocenters. The van der Waals surface area contributed by atoms with Gasteiger partial charge in [-0.15, -0.1) is 13.2 Å². The molecule has 0 aliphatic heterocycles. The standard InChI is InChI=1S/C14H24O2/c1-3-10-15-12-14(13-16-11-4-2)8-6-5-7-9-14/h3-4H,1-2,5-13H2. The molecule has 0 heterocycles. The number of hydrogen-bond acceptors (Lipinski definition) is 2. The second-order valence-corrected chi connectivity index (χ2v) is 4.67. The quantitative estimate of drug-likeness (QED) is 0.465. The molecule has 0 aromatic heterocycles. The van der Waals surface area contributed by atoms with E-state index in [-0.39, 0.29) is 5.41 Å². The van der Waals surface area contributed by atoms with Crippen LogP contribution in [0.2, 0.25) is 0 Å². The smallest absolute Gasteiger partial charge is 0.0645 e. The van der Waals surface area contributed by atoms with Gasteiger partial charge in [-0.3, -0.25) is 0 Å². The Morgan fingerprint density at radius 1 is 0.875 bits per heavy atom. The summed E-state index contributed by atoms with van der Waals surface area (Å²) in [6.45, 7) is 10.2. The molecule has 2 nitrogen and oxygen atoms in total. The highest BCUT2D eigenvalue weighted by molar-refractivity contribution is 4.83. The maximum Gasteiger partial charge on any atom is 0.0645 e. The van der Waals surface area contributed by atoms with Gasteiger partial charge in [-0.25, -0.2) is 0 Å². The molecule has 0 unspecified atom stereocenters. The highest BCUT2D eigenvalue weighted by Crippen LogP contribution is 2.36. The van der Waals surface area contributed by atoms with E-state index in [0.717, 1.165) is 13.2 Å². The third kappa shape index (κ3) is 4.50. The van der Waals surface area contributed by atoms with Crippen molar-refractivity contribution in [1.82, 2.24) is 0 Å². The Balaban J connectivity index is 2.38. The van der Waals surface area contributed by atoms with Gasteiger partial charge in [0.2, 0.25) is 0 Å². The molecule has 1 fully saturated rings. The van der Waals surface area contributed by atoms with Crippen molar-refractivity contribution in [3.63, 3.8) is 0 Å². The van der Waals surface area contributed by atoms with Crippen molar-refractivity contribution in [3.8, 4) is 0 Å². The van der Waals surface area contributed by atoms with Crippen LogP contribution in [0.3, 0.4) is 0 Å². The van der Waals surface area contributed by atoms with Crippen molar-refractivity contribution < 1.29 is 9.47 Å². The third-order valence-corrected chi connectivity index (χ3v) is 3.20. The van der Waals surface area contributed by atoms with Gasteiger partial charge in [0.05, 0.1) is 26.4 Å². The molecule has 16 heavy (non-hydrogen) atoms. The Kier molecular flexibility index (Phi) is 6.43. The van der Waals surface area contributed by atoms with Crippen molar-refractivity contribution in [1.29, 1.82) is 0 Å². The monoisotopic (exact) mass is 224 g/mol. The number of hydrogen-bond donors (Lipinski definition) is 0. The molecule has 0 radical (unpaired) electrons. The van der Waals surface area contributed by atoms with Crippen LogP contribution in [-0.2, 0) is 9.47 Å². The summed E-state index contributed by atoms with van der Waals surface area (Å²) in [6.07, 6.45) is 10.0.